The smallest absolute Gasteiger partial charge is 0.241 e. The molecule has 0 spiro atoms. The van der Waals surface area contributed by atoms with Crippen molar-refractivity contribution in [3.8, 4) is 0 Å². The lowest BCUT2D eigenvalue weighted by molar-refractivity contribution is -0.133. The summed E-state index contributed by atoms with van der Waals surface area (Å²) in [4.78, 5) is 30.7. The molecule has 330 valence electrons. The summed E-state index contributed by atoms with van der Waals surface area (Å²) in [5.74, 6) is -0.135. The maximum absolute atomic E-state index is 13.5. The largest absolute Gasteiger partial charge is 0.370 e. The Labute approximate surface area is 345 Å². The zero-order valence-electron chi connectivity index (χ0n) is 36.7. The van der Waals surface area contributed by atoms with Crippen LogP contribution in [0.1, 0.15) is 194 Å². The molecule has 10 N–H and O–H groups in total. The van der Waals surface area contributed by atoms with Crippen LogP contribution in [0, 0.1) is 10.8 Å². The minimum atomic E-state index is -0.121. The molecule has 2 amide bonds. The lowest BCUT2D eigenvalue weighted by atomic mass is 10.0. The van der Waals surface area contributed by atoms with Crippen molar-refractivity contribution in [1.82, 2.24) is 31.1 Å². The van der Waals surface area contributed by atoms with Gasteiger partial charge in [0.2, 0.25) is 11.8 Å². The van der Waals surface area contributed by atoms with Crippen LogP contribution in [0.15, 0.2) is 0 Å². The molecule has 0 aliphatic rings. The molecular weight excluding hydrogens is 701 g/mol. The first-order valence-electron chi connectivity index (χ1n) is 23.4. The van der Waals surface area contributed by atoms with Crippen LogP contribution in [0.25, 0.3) is 0 Å². The highest BCUT2D eigenvalue weighted by Crippen LogP contribution is 2.14. The van der Waals surface area contributed by atoms with E-state index in [1.54, 1.807) is 0 Å². The van der Waals surface area contributed by atoms with Crippen LogP contribution in [0.4, 0.5) is 0 Å². The van der Waals surface area contributed by atoms with Gasteiger partial charge in [-0.2, -0.15) is 0 Å². The molecule has 0 aromatic heterocycles. The Morgan fingerprint density at radius 3 is 1.27 bits per heavy atom. The van der Waals surface area contributed by atoms with Crippen LogP contribution in [0.2, 0.25) is 0 Å². The van der Waals surface area contributed by atoms with E-state index in [9.17, 15) is 9.59 Å². The van der Waals surface area contributed by atoms with Gasteiger partial charge in [0.1, 0.15) is 0 Å². The number of guanidine groups is 2. The van der Waals surface area contributed by atoms with Crippen molar-refractivity contribution >= 4 is 23.7 Å². The zero-order chi connectivity index (χ0) is 41.2. The molecule has 0 saturated carbocycles. The lowest BCUT2D eigenvalue weighted by Gasteiger charge is -2.24. The van der Waals surface area contributed by atoms with E-state index in [4.69, 9.17) is 22.3 Å². The third-order valence-electron chi connectivity index (χ3n) is 10.6. The van der Waals surface area contributed by atoms with Crippen molar-refractivity contribution < 1.29 is 9.59 Å². The maximum Gasteiger partial charge on any atom is 0.241 e. The number of unbranched alkanes of at least 4 members (excludes halogenated alkanes) is 23. The molecule has 0 aliphatic carbocycles. The number of carbonyl (C=O) groups excluding carboxylic acids is 2. The molecule has 0 bridgehead atoms. The average molecular weight is 793 g/mol. The molecule has 0 radical (unpaired) electrons. The fourth-order valence-electron chi connectivity index (χ4n) is 7.14. The molecule has 0 fully saturated rings. The molecule has 0 heterocycles. The number of hydrogen-bond donors (Lipinski definition) is 8. The minimum absolute atomic E-state index is 0.000974. The van der Waals surface area contributed by atoms with Gasteiger partial charge in [-0.25, -0.2) is 0 Å². The molecule has 0 unspecified atom stereocenters. The predicted molar refractivity (Wildman–Crippen MR) is 239 cm³/mol. The second-order valence-corrected chi connectivity index (χ2v) is 16.1. The van der Waals surface area contributed by atoms with Crippen LogP contribution in [-0.4, -0.2) is 99.0 Å². The van der Waals surface area contributed by atoms with Gasteiger partial charge in [-0.15, -0.1) is 0 Å². The monoisotopic (exact) mass is 793 g/mol. The topological polar surface area (TPSA) is 188 Å². The third kappa shape index (κ3) is 39.6. The number of carbonyl (C=O) groups is 2. The van der Waals surface area contributed by atoms with Gasteiger partial charge >= 0.3 is 0 Å². The van der Waals surface area contributed by atoms with E-state index < -0.39 is 0 Å². The van der Waals surface area contributed by atoms with Crippen molar-refractivity contribution in [2.24, 2.45) is 11.5 Å². The summed E-state index contributed by atoms with van der Waals surface area (Å²) in [5, 5.41) is 26.7. The molecule has 0 rings (SSSR count). The summed E-state index contributed by atoms with van der Waals surface area (Å²) >= 11 is 0. The third-order valence-corrected chi connectivity index (χ3v) is 10.6. The van der Waals surface area contributed by atoms with E-state index in [-0.39, 0.29) is 36.8 Å². The lowest BCUT2D eigenvalue weighted by Crippen LogP contribution is -2.45. The van der Waals surface area contributed by atoms with Crippen LogP contribution in [0.5, 0.6) is 0 Å². The molecule has 12 nitrogen and oxygen atoms in total. The Morgan fingerprint density at radius 1 is 0.446 bits per heavy atom. The van der Waals surface area contributed by atoms with Crippen molar-refractivity contribution in [1.29, 1.82) is 10.8 Å². The normalized spacial score (nSPS) is 11.2. The Kier molecular flexibility index (Phi) is 40.1. The SMILES string of the molecule is CCCCCCCCCCCCCCN(CCCCCCCCCCCCCC)C(=O)CNC(=O)CN(CCCCNCCCNC(=N)N)CCCNC(=N)N. The fraction of sp³-hybridized carbons (Fsp3) is 0.909. The zero-order valence-corrected chi connectivity index (χ0v) is 36.7. The van der Waals surface area contributed by atoms with Gasteiger partial charge in [0.05, 0.1) is 13.1 Å². The Balaban J connectivity index is 4.75. The first-order chi connectivity index (χ1) is 27.3. The summed E-state index contributed by atoms with van der Waals surface area (Å²) in [7, 11) is 0. The second kappa shape index (κ2) is 42.0. The van der Waals surface area contributed by atoms with Gasteiger partial charge in [0.15, 0.2) is 11.9 Å². The van der Waals surface area contributed by atoms with Gasteiger partial charge < -0.3 is 37.6 Å². The van der Waals surface area contributed by atoms with E-state index in [0.29, 0.717) is 19.6 Å². The van der Waals surface area contributed by atoms with Crippen molar-refractivity contribution in [2.45, 2.75) is 194 Å². The summed E-state index contributed by atoms with van der Waals surface area (Å²) in [6.45, 7) is 10.9. The Bertz CT molecular complexity index is 894. The molecule has 56 heavy (non-hydrogen) atoms. The molecule has 12 heteroatoms. The van der Waals surface area contributed by atoms with E-state index in [2.05, 4.69) is 40.0 Å². The highest BCUT2D eigenvalue weighted by Gasteiger charge is 2.16. The van der Waals surface area contributed by atoms with Crippen LogP contribution >= 0.6 is 0 Å². The van der Waals surface area contributed by atoms with Crippen LogP contribution in [0.3, 0.4) is 0 Å². The number of nitrogens with one attached hydrogen (secondary N) is 6. The fourth-order valence-corrected chi connectivity index (χ4v) is 7.14. The number of rotatable bonds is 43. The van der Waals surface area contributed by atoms with Gasteiger partial charge in [-0.05, 0) is 58.2 Å². The number of amides is 2. The highest BCUT2D eigenvalue weighted by atomic mass is 16.2. The van der Waals surface area contributed by atoms with Crippen molar-refractivity contribution in [2.75, 3.05) is 65.4 Å². The van der Waals surface area contributed by atoms with E-state index in [1.807, 2.05) is 4.90 Å². The summed E-state index contributed by atoms with van der Waals surface area (Å²) < 4.78 is 0. The molecule has 0 aromatic rings. The number of hydrogen-bond acceptors (Lipinski definition) is 6. The molecule has 0 atom stereocenters. The summed E-state index contributed by atoms with van der Waals surface area (Å²) in [6, 6.07) is 0. The first-order valence-corrected chi connectivity index (χ1v) is 23.4. The summed E-state index contributed by atoms with van der Waals surface area (Å²) in [6.07, 6.45) is 34.7. The molecule has 0 aliphatic heterocycles. The van der Waals surface area contributed by atoms with E-state index >= 15 is 0 Å². The highest BCUT2D eigenvalue weighted by molar-refractivity contribution is 5.85. The van der Waals surface area contributed by atoms with Crippen molar-refractivity contribution in [3.05, 3.63) is 0 Å². The van der Waals surface area contributed by atoms with Crippen LogP contribution in [-0.2, 0) is 9.59 Å². The Morgan fingerprint density at radius 2 is 0.821 bits per heavy atom. The van der Waals surface area contributed by atoms with E-state index in [0.717, 1.165) is 84.1 Å². The van der Waals surface area contributed by atoms with Gasteiger partial charge in [0, 0.05) is 32.7 Å². The predicted octanol–water partition coefficient (Wildman–Crippen LogP) is 7.75. The Hall–Kier alpha value is -2.60. The second-order valence-electron chi connectivity index (χ2n) is 16.1. The average Bonchev–Trinajstić information content (AvgIpc) is 3.17. The maximum atomic E-state index is 13.5. The quantitative estimate of drug-likeness (QED) is 0.0175. The number of nitrogens with zero attached hydrogens (tertiary/aromatic N) is 2. The van der Waals surface area contributed by atoms with Gasteiger partial charge in [-0.3, -0.25) is 25.3 Å². The first kappa shape index (κ1) is 53.4. The molecular formula is C44H92N10O2. The summed E-state index contributed by atoms with van der Waals surface area (Å²) in [5.41, 5.74) is 10.8. The van der Waals surface area contributed by atoms with Crippen molar-refractivity contribution in [3.63, 3.8) is 0 Å². The van der Waals surface area contributed by atoms with Gasteiger partial charge in [-0.1, -0.05) is 155 Å². The standard InChI is InChI=1S/C44H92N10O2/c1-3-5-7-9-11-13-15-17-19-21-23-26-37-54(38-27-24-22-20-18-16-14-12-10-8-6-4-2)42(56)39-52-41(55)40-53(36-30-34-51-44(47)48)35-28-25-31-49-32-29-33-50-43(45)46/h49H,3-40H2,1-2H3,(H,52,55)(H4,45,46,50)(H4,47,48,51). The van der Waals surface area contributed by atoms with E-state index in [1.165, 1.54) is 128 Å². The van der Waals surface area contributed by atoms with Gasteiger partial charge in [0.25, 0.3) is 0 Å². The molecule has 0 saturated heterocycles. The minimum Gasteiger partial charge on any atom is -0.370 e. The number of nitrogens with two attached hydrogens (primary N) is 2. The molecule has 0 aromatic carbocycles. The van der Waals surface area contributed by atoms with Crippen LogP contribution < -0.4 is 32.7 Å².